The fourth-order valence-corrected chi connectivity index (χ4v) is 3.59. The van der Waals surface area contributed by atoms with E-state index in [1.807, 2.05) is 0 Å². The third kappa shape index (κ3) is 4.13. The third-order valence-electron chi connectivity index (χ3n) is 5.14. The molecule has 0 saturated carbocycles. The molecule has 0 unspecified atom stereocenters. The standard InChI is InChI=1S/C22H16F4N4O4/c23-16-6-3-14(9-17(16)24)22(32-7-8-33-22)12-31-19-11-27-10-18-28-29-20(30(18)19)13-1-4-15(5-2-13)34-21(25)26/h1-6,9-11,21H,7-8,12H2. The number of hydrogen-bond donors (Lipinski definition) is 0. The van der Waals surface area contributed by atoms with Crippen LogP contribution in [0.1, 0.15) is 5.56 Å². The molecular formula is C22H16F4N4O4. The Kier molecular flexibility index (Phi) is 5.75. The van der Waals surface area contributed by atoms with E-state index in [0.717, 1.165) is 12.1 Å². The normalized spacial score (nSPS) is 15.2. The summed E-state index contributed by atoms with van der Waals surface area (Å²) < 4.78 is 75.5. The summed E-state index contributed by atoms with van der Waals surface area (Å²) in [5.74, 6) is -2.93. The molecule has 0 bridgehead atoms. The van der Waals surface area contributed by atoms with E-state index >= 15 is 0 Å². The first-order valence-electron chi connectivity index (χ1n) is 10.1. The number of alkyl halides is 2. The fraction of sp³-hybridized carbons (Fsp3) is 0.227. The molecule has 34 heavy (non-hydrogen) atoms. The lowest BCUT2D eigenvalue weighted by Crippen LogP contribution is -2.35. The summed E-state index contributed by atoms with van der Waals surface area (Å²) in [5.41, 5.74) is 1.16. The first kappa shape index (κ1) is 22.0. The Balaban J connectivity index is 1.46. The lowest BCUT2D eigenvalue weighted by molar-refractivity contribution is -0.186. The fourth-order valence-electron chi connectivity index (χ4n) is 3.59. The second-order valence-electron chi connectivity index (χ2n) is 7.23. The molecule has 1 aliphatic heterocycles. The van der Waals surface area contributed by atoms with Crippen LogP contribution in [0, 0.1) is 11.6 Å². The van der Waals surface area contributed by atoms with Crippen molar-refractivity contribution in [2.24, 2.45) is 0 Å². The Morgan fingerprint density at radius 3 is 2.44 bits per heavy atom. The quantitative estimate of drug-likeness (QED) is 0.374. The minimum Gasteiger partial charge on any atom is -0.471 e. The first-order chi connectivity index (χ1) is 16.4. The highest BCUT2D eigenvalue weighted by molar-refractivity contribution is 5.61. The van der Waals surface area contributed by atoms with Gasteiger partial charge in [0.2, 0.25) is 11.7 Å². The van der Waals surface area contributed by atoms with Gasteiger partial charge in [0, 0.05) is 11.1 Å². The molecule has 1 fully saturated rings. The molecule has 1 saturated heterocycles. The van der Waals surface area contributed by atoms with Crippen molar-refractivity contribution < 1.29 is 36.5 Å². The van der Waals surface area contributed by atoms with Gasteiger partial charge in [-0.15, -0.1) is 10.2 Å². The Labute approximate surface area is 189 Å². The van der Waals surface area contributed by atoms with E-state index in [1.54, 1.807) is 16.5 Å². The highest BCUT2D eigenvalue weighted by Gasteiger charge is 2.40. The summed E-state index contributed by atoms with van der Waals surface area (Å²) in [5, 5.41) is 8.21. The Bertz CT molecular complexity index is 1310. The van der Waals surface area contributed by atoms with Gasteiger partial charge >= 0.3 is 6.61 Å². The van der Waals surface area contributed by atoms with Gasteiger partial charge in [-0.2, -0.15) is 8.78 Å². The Morgan fingerprint density at radius 1 is 0.971 bits per heavy atom. The molecule has 12 heteroatoms. The summed E-state index contributed by atoms with van der Waals surface area (Å²) in [6.07, 6.45) is 2.88. The maximum absolute atomic E-state index is 13.9. The smallest absolute Gasteiger partial charge is 0.387 e. The van der Waals surface area contributed by atoms with Gasteiger partial charge in [-0.1, -0.05) is 6.07 Å². The monoisotopic (exact) mass is 476 g/mol. The number of hydrogen-bond acceptors (Lipinski definition) is 7. The summed E-state index contributed by atoms with van der Waals surface area (Å²) in [6, 6.07) is 9.19. The number of benzene rings is 2. The second kappa shape index (κ2) is 8.88. The zero-order valence-corrected chi connectivity index (χ0v) is 17.3. The summed E-state index contributed by atoms with van der Waals surface area (Å²) in [7, 11) is 0. The largest absolute Gasteiger partial charge is 0.471 e. The van der Waals surface area contributed by atoms with Crippen LogP contribution in [0.4, 0.5) is 17.6 Å². The van der Waals surface area contributed by atoms with Crippen LogP contribution < -0.4 is 9.47 Å². The molecule has 0 aliphatic carbocycles. The number of aromatic nitrogens is 4. The number of rotatable bonds is 7. The van der Waals surface area contributed by atoms with Crippen molar-refractivity contribution >= 4 is 5.65 Å². The van der Waals surface area contributed by atoms with Crippen molar-refractivity contribution in [2.75, 3.05) is 19.8 Å². The van der Waals surface area contributed by atoms with Crippen molar-refractivity contribution in [3.8, 4) is 23.0 Å². The van der Waals surface area contributed by atoms with Crippen LogP contribution in [0.3, 0.4) is 0 Å². The first-order valence-corrected chi connectivity index (χ1v) is 10.1. The van der Waals surface area contributed by atoms with Crippen molar-refractivity contribution in [3.63, 3.8) is 0 Å². The SMILES string of the molecule is Fc1ccc(C2(COc3cncc4nnc(-c5ccc(OC(F)F)cc5)n34)OCCO2)cc1F. The molecule has 2 aromatic carbocycles. The van der Waals surface area contributed by atoms with Crippen molar-refractivity contribution in [2.45, 2.75) is 12.4 Å². The van der Waals surface area contributed by atoms with Gasteiger partial charge in [0.15, 0.2) is 23.1 Å². The van der Waals surface area contributed by atoms with E-state index in [4.69, 9.17) is 14.2 Å². The molecule has 2 aromatic heterocycles. The van der Waals surface area contributed by atoms with Gasteiger partial charge in [-0.25, -0.2) is 13.2 Å². The zero-order valence-electron chi connectivity index (χ0n) is 17.3. The van der Waals surface area contributed by atoms with Gasteiger partial charge in [-0.05, 0) is 36.4 Å². The van der Waals surface area contributed by atoms with Gasteiger partial charge in [-0.3, -0.25) is 4.98 Å². The lowest BCUT2D eigenvalue weighted by Gasteiger charge is -2.27. The molecule has 176 valence electrons. The van der Waals surface area contributed by atoms with E-state index in [1.165, 1.54) is 30.6 Å². The highest BCUT2D eigenvalue weighted by Crippen LogP contribution is 2.34. The molecule has 5 rings (SSSR count). The summed E-state index contributed by atoms with van der Waals surface area (Å²) in [6.45, 7) is -2.68. The molecule has 0 N–H and O–H groups in total. The van der Waals surface area contributed by atoms with E-state index in [-0.39, 0.29) is 37.0 Å². The molecule has 4 aromatic rings. The van der Waals surface area contributed by atoms with Crippen LogP contribution in [0.15, 0.2) is 54.9 Å². The molecule has 0 spiro atoms. The summed E-state index contributed by atoms with van der Waals surface area (Å²) in [4.78, 5) is 4.09. The van der Waals surface area contributed by atoms with Crippen molar-refractivity contribution in [3.05, 3.63) is 72.1 Å². The number of ether oxygens (including phenoxy) is 4. The third-order valence-corrected chi connectivity index (χ3v) is 5.14. The predicted molar refractivity (Wildman–Crippen MR) is 108 cm³/mol. The molecule has 8 nitrogen and oxygen atoms in total. The van der Waals surface area contributed by atoms with E-state index in [2.05, 4.69) is 19.9 Å². The maximum Gasteiger partial charge on any atom is 0.387 e. The molecule has 0 atom stereocenters. The van der Waals surface area contributed by atoms with Gasteiger partial charge in [0.1, 0.15) is 12.4 Å². The van der Waals surface area contributed by atoms with Gasteiger partial charge < -0.3 is 18.9 Å². The van der Waals surface area contributed by atoms with Gasteiger partial charge in [0.25, 0.3) is 0 Å². The van der Waals surface area contributed by atoms with Crippen LogP contribution in [0.2, 0.25) is 0 Å². The molecule has 0 radical (unpaired) electrons. The Morgan fingerprint density at radius 2 is 1.74 bits per heavy atom. The minimum atomic E-state index is -2.94. The maximum atomic E-state index is 13.9. The van der Waals surface area contributed by atoms with Crippen molar-refractivity contribution in [1.82, 2.24) is 19.6 Å². The average molecular weight is 476 g/mol. The highest BCUT2D eigenvalue weighted by atomic mass is 19.3. The predicted octanol–water partition coefficient (Wildman–Crippen LogP) is 3.95. The zero-order chi connectivity index (χ0) is 23.7. The van der Waals surface area contributed by atoms with E-state index in [0.29, 0.717) is 17.0 Å². The number of fused-ring (bicyclic) bond motifs is 1. The van der Waals surface area contributed by atoms with Crippen molar-refractivity contribution in [1.29, 1.82) is 0 Å². The molecule has 0 amide bonds. The van der Waals surface area contributed by atoms with E-state index in [9.17, 15) is 17.6 Å². The molecule has 3 heterocycles. The van der Waals surface area contributed by atoms with Crippen LogP contribution in [0.25, 0.3) is 17.0 Å². The second-order valence-corrected chi connectivity index (χ2v) is 7.23. The lowest BCUT2D eigenvalue weighted by atomic mass is 10.1. The van der Waals surface area contributed by atoms with E-state index < -0.39 is 24.0 Å². The van der Waals surface area contributed by atoms with Crippen LogP contribution >= 0.6 is 0 Å². The van der Waals surface area contributed by atoms with Crippen LogP contribution in [-0.2, 0) is 15.3 Å². The molecule has 1 aliphatic rings. The summed E-state index contributed by atoms with van der Waals surface area (Å²) >= 11 is 0. The Hall–Kier alpha value is -3.77. The minimum absolute atomic E-state index is 0.00489. The average Bonchev–Trinajstić information content (AvgIpc) is 3.48. The van der Waals surface area contributed by atoms with Gasteiger partial charge in [0.05, 0.1) is 25.6 Å². The topological polar surface area (TPSA) is 80.0 Å². The van der Waals surface area contributed by atoms with Crippen LogP contribution in [0.5, 0.6) is 11.6 Å². The van der Waals surface area contributed by atoms with Crippen LogP contribution in [-0.4, -0.2) is 46.0 Å². The molecular weight excluding hydrogens is 460 g/mol. The number of nitrogens with zero attached hydrogens (tertiary/aromatic N) is 4. The number of halogens is 4.